The molecule has 1 aliphatic rings. The summed E-state index contributed by atoms with van der Waals surface area (Å²) < 4.78 is 5.28. The Bertz CT molecular complexity index is 740. The van der Waals surface area contributed by atoms with Crippen LogP contribution in [-0.2, 0) is 6.42 Å². The number of nitrogens with zero attached hydrogens (tertiary/aromatic N) is 2. The number of carbonyl (C=O) groups is 1. The molecule has 0 aliphatic carbocycles. The Hall–Kier alpha value is -2.53. The quantitative estimate of drug-likeness (QED) is 0.896. The van der Waals surface area contributed by atoms with Gasteiger partial charge in [-0.1, -0.05) is 24.3 Å². The van der Waals surface area contributed by atoms with E-state index in [1.165, 1.54) is 5.56 Å². The van der Waals surface area contributed by atoms with E-state index in [0.29, 0.717) is 0 Å². The third-order valence-corrected chi connectivity index (χ3v) is 4.78. The molecule has 1 heterocycles. The Labute approximate surface area is 155 Å². The summed E-state index contributed by atoms with van der Waals surface area (Å²) >= 11 is 0. The van der Waals surface area contributed by atoms with Crippen molar-refractivity contribution in [2.45, 2.75) is 13.3 Å². The normalized spacial score (nSPS) is 14.9. The van der Waals surface area contributed by atoms with Gasteiger partial charge in [0, 0.05) is 38.4 Å². The molecule has 2 aromatic carbocycles. The molecular weight excluding hydrogens is 326 g/mol. The fourth-order valence-corrected chi connectivity index (χ4v) is 3.22. The molecule has 1 saturated heterocycles. The zero-order valence-corrected chi connectivity index (χ0v) is 15.6. The van der Waals surface area contributed by atoms with Crippen molar-refractivity contribution in [2.75, 3.05) is 45.2 Å². The highest BCUT2D eigenvalue weighted by Crippen LogP contribution is 2.14. The number of carbonyl (C=O) groups excluding carboxylic acids is 1. The van der Waals surface area contributed by atoms with Gasteiger partial charge in [0.2, 0.25) is 0 Å². The molecular formula is C21H27N3O2. The van der Waals surface area contributed by atoms with Crippen LogP contribution in [0.1, 0.15) is 11.1 Å². The van der Waals surface area contributed by atoms with Gasteiger partial charge >= 0.3 is 6.03 Å². The van der Waals surface area contributed by atoms with Crippen molar-refractivity contribution in [3.05, 3.63) is 59.7 Å². The van der Waals surface area contributed by atoms with E-state index < -0.39 is 0 Å². The molecule has 1 fully saturated rings. The lowest BCUT2D eigenvalue weighted by atomic mass is 10.1. The van der Waals surface area contributed by atoms with Gasteiger partial charge in [0.15, 0.2) is 0 Å². The molecule has 2 aromatic rings. The van der Waals surface area contributed by atoms with Crippen LogP contribution in [0, 0.1) is 6.92 Å². The Balaban J connectivity index is 1.44. The molecule has 26 heavy (non-hydrogen) atoms. The summed E-state index contributed by atoms with van der Waals surface area (Å²) in [6.07, 6.45) is 0.993. The minimum absolute atomic E-state index is 0.0111. The van der Waals surface area contributed by atoms with Crippen molar-refractivity contribution < 1.29 is 9.53 Å². The second-order valence-corrected chi connectivity index (χ2v) is 6.73. The maximum atomic E-state index is 12.4. The second kappa shape index (κ2) is 8.72. The molecule has 0 unspecified atom stereocenters. The molecule has 0 atom stereocenters. The topological polar surface area (TPSA) is 44.8 Å². The molecule has 2 amide bonds. The monoisotopic (exact) mass is 353 g/mol. The lowest BCUT2D eigenvalue weighted by molar-refractivity contribution is 0.148. The summed E-state index contributed by atoms with van der Waals surface area (Å²) in [6, 6.07) is 16.1. The minimum atomic E-state index is -0.0111. The molecule has 0 bridgehead atoms. The summed E-state index contributed by atoms with van der Waals surface area (Å²) in [5.41, 5.74) is 3.28. The van der Waals surface area contributed by atoms with Gasteiger partial charge in [0.1, 0.15) is 5.75 Å². The van der Waals surface area contributed by atoms with Gasteiger partial charge in [0.05, 0.1) is 7.11 Å². The highest BCUT2D eigenvalue weighted by atomic mass is 16.5. The van der Waals surface area contributed by atoms with Gasteiger partial charge in [-0.15, -0.1) is 0 Å². The summed E-state index contributed by atoms with van der Waals surface area (Å²) in [6.45, 7) is 6.36. The molecule has 1 N–H and O–H groups in total. The van der Waals surface area contributed by atoms with Crippen molar-refractivity contribution >= 4 is 11.7 Å². The van der Waals surface area contributed by atoms with Crippen LogP contribution < -0.4 is 10.1 Å². The first-order valence-electron chi connectivity index (χ1n) is 9.12. The molecule has 5 heteroatoms. The Morgan fingerprint density at radius 3 is 2.58 bits per heavy atom. The molecule has 5 nitrogen and oxygen atoms in total. The van der Waals surface area contributed by atoms with E-state index in [0.717, 1.165) is 56.1 Å². The zero-order valence-electron chi connectivity index (χ0n) is 15.6. The van der Waals surface area contributed by atoms with Gasteiger partial charge in [-0.05, 0) is 48.7 Å². The third kappa shape index (κ3) is 4.99. The predicted molar refractivity (Wildman–Crippen MR) is 105 cm³/mol. The number of urea groups is 1. The van der Waals surface area contributed by atoms with Gasteiger partial charge in [-0.25, -0.2) is 4.79 Å². The number of methoxy groups -OCH3 is 1. The molecule has 1 aliphatic heterocycles. The van der Waals surface area contributed by atoms with Gasteiger partial charge in [0.25, 0.3) is 0 Å². The number of benzene rings is 2. The van der Waals surface area contributed by atoms with Crippen LogP contribution >= 0.6 is 0 Å². The number of hydrogen-bond donors (Lipinski definition) is 1. The first kappa shape index (κ1) is 18.3. The van der Waals surface area contributed by atoms with Crippen LogP contribution in [0.4, 0.5) is 10.5 Å². The van der Waals surface area contributed by atoms with E-state index in [-0.39, 0.29) is 6.03 Å². The number of piperazine rings is 1. The Morgan fingerprint density at radius 2 is 1.85 bits per heavy atom. The standard InChI is InChI=1S/C21H27N3O2/c1-17-5-3-7-19(15-17)22-21(25)24-13-11-23(12-14-24)10-9-18-6-4-8-20(16-18)26-2/h3-8,15-16H,9-14H2,1-2H3,(H,22,25). The largest absolute Gasteiger partial charge is 0.497 e. The third-order valence-electron chi connectivity index (χ3n) is 4.78. The highest BCUT2D eigenvalue weighted by molar-refractivity contribution is 5.89. The lowest BCUT2D eigenvalue weighted by Gasteiger charge is -2.34. The predicted octanol–water partition coefficient (Wildman–Crippen LogP) is 3.40. The van der Waals surface area contributed by atoms with Crippen LogP contribution in [0.2, 0.25) is 0 Å². The van der Waals surface area contributed by atoms with Crippen molar-refractivity contribution in [3.8, 4) is 5.75 Å². The number of nitrogens with one attached hydrogen (secondary N) is 1. The molecule has 0 aromatic heterocycles. The maximum absolute atomic E-state index is 12.4. The van der Waals surface area contributed by atoms with Crippen molar-refractivity contribution in [1.29, 1.82) is 0 Å². The van der Waals surface area contributed by atoms with E-state index in [1.807, 2.05) is 48.2 Å². The molecule has 3 rings (SSSR count). The van der Waals surface area contributed by atoms with Gasteiger partial charge < -0.3 is 15.0 Å². The van der Waals surface area contributed by atoms with Crippen LogP contribution in [0.3, 0.4) is 0 Å². The number of amides is 2. The number of hydrogen-bond acceptors (Lipinski definition) is 3. The molecule has 0 saturated carbocycles. The Kier molecular flexibility index (Phi) is 6.12. The first-order chi connectivity index (χ1) is 12.6. The summed E-state index contributed by atoms with van der Waals surface area (Å²) in [5, 5.41) is 2.99. The number of anilines is 1. The number of rotatable bonds is 5. The average Bonchev–Trinajstić information content (AvgIpc) is 2.67. The minimum Gasteiger partial charge on any atom is -0.497 e. The molecule has 0 spiro atoms. The van der Waals surface area contributed by atoms with Crippen molar-refractivity contribution in [3.63, 3.8) is 0 Å². The van der Waals surface area contributed by atoms with E-state index >= 15 is 0 Å². The highest BCUT2D eigenvalue weighted by Gasteiger charge is 2.20. The Morgan fingerprint density at radius 1 is 1.08 bits per heavy atom. The van der Waals surface area contributed by atoms with Crippen molar-refractivity contribution in [2.24, 2.45) is 0 Å². The maximum Gasteiger partial charge on any atom is 0.321 e. The summed E-state index contributed by atoms with van der Waals surface area (Å²) in [4.78, 5) is 16.7. The fourth-order valence-electron chi connectivity index (χ4n) is 3.22. The van der Waals surface area contributed by atoms with Crippen LogP contribution in [0.5, 0.6) is 5.75 Å². The SMILES string of the molecule is COc1cccc(CCN2CCN(C(=O)Nc3cccc(C)c3)CC2)c1. The van der Waals surface area contributed by atoms with E-state index in [9.17, 15) is 4.79 Å². The lowest BCUT2D eigenvalue weighted by Crippen LogP contribution is -2.50. The fraction of sp³-hybridized carbons (Fsp3) is 0.381. The van der Waals surface area contributed by atoms with Gasteiger partial charge in [-0.3, -0.25) is 4.90 Å². The second-order valence-electron chi connectivity index (χ2n) is 6.73. The first-order valence-corrected chi connectivity index (χ1v) is 9.12. The molecule has 0 radical (unpaired) electrons. The zero-order chi connectivity index (χ0) is 18.4. The van der Waals surface area contributed by atoms with Gasteiger partial charge in [-0.2, -0.15) is 0 Å². The van der Waals surface area contributed by atoms with Crippen LogP contribution in [0.25, 0.3) is 0 Å². The smallest absolute Gasteiger partial charge is 0.321 e. The number of aryl methyl sites for hydroxylation is 1. The summed E-state index contributed by atoms with van der Waals surface area (Å²) in [7, 11) is 1.69. The van der Waals surface area contributed by atoms with Crippen LogP contribution in [0.15, 0.2) is 48.5 Å². The average molecular weight is 353 g/mol. The van der Waals surface area contributed by atoms with E-state index in [4.69, 9.17) is 4.74 Å². The number of ether oxygens (including phenoxy) is 1. The molecule has 138 valence electrons. The summed E-state index contributed by atoms with van der Waals surface area (Å²) in [5.74, 6) is 0.903. The van der Waals surface area contributed by atoms with Crippen molar-refractivity contribution in [1.82, 2.24) is 9.80 Å². The van der Waals surface area contributed by atoms with Crippen LogP contribution in [-0.4, -0.2) is 55.7 Å². The van der Waals surface area contributed by atoms with E-state index in [1.54, 1.807) is 7.11 Å². The van der Waals surface area contributed by atoms with E-state index in [2.05, 4.69) is 22.3 Å².